The van der Waals surface area contributed by atoms with Crippen molar-refractivity contribution < 1.29 is 33.3 Å². The van der Waals surface area contributed by atoms with Gasteiger partial charge in [0.2, 0.25) is 5.79 Å². The van der Waals surface area contributed by atoms with E-state index in [2.05, 4.69) is 10.6 Å². The van der Waals surface area contributed by atoms with E-state index in [1.807, 2.05) is 86.6 Å². The Morgan fingerprint density at radius 2 is 1.62 bits per heavy atom. The van der Waals surface area contributed by atoms with Gasteiger partial charge in [0.1, 0.15) is 11.9 Å². The van der Waals surface area contributed by atoms with Gasteiger partial charge in [0.15, 0.2) is 0 Å². The van der Waals surface area contributed by atoms with Crippen LogP contribution < -0.4 is 15.4 Å². The number of benzene rings is 3. The highest BCUT2D eigenvalue weighted by atomic mass is 16.7. The predicted octanol–water partition coefficient (Wildman–Crippen LogP) is 7.26. The Hall–Kier alpha value is -4.12. The van der Waals surface area contributed by atoms with Gasteiger partial charge < -0.3 is 39.2 Å². The number of rotatable bonds is 15. The van der Waals surface area contributed by atoms with Crippen LogP contribution in [-0.2, 0) is 32.2 Å². The third-order valence-electron chi connectivity index (χ3n) is 7.63. The zero-order valence-corrected chi connectivity index (χ0v) is 26.1. The molecule has 3 aromatic carbocycles. The molecular formula is C35H43N3O7. The number of unbranched alkanes of at least 4 members (excludes halogenated alkanes) is 3. The van der Waals surface area contributed by atoms with Crippen molar-refractivity contribution in [1.82, 2.24) is 4.90 Å². The van der Waals surface area contributed by atoms with Crippen LogP contribution in [0.4, 0.5) is 21.0 Å². The van der Waals surface area contributed by atoms with Crippen LogP contribution >= 0.6 is 0 Å². The summed E-state index contributed by atoms with van der Waals surface area (Å²) in [5.41, 5.74) is 4.41. The fraction of sp³-hybridized carbons (Fsp3) is 0.429. The van der Waals surface area contributed by atoms with Crippen LogP contribution in [0.3, 0.4) is 0 Å². The smallest absolute Gasteiger partial charge is 0.410 e. The maximum absolute atomic E-state index is 12.4. The Morgan fingerprint density at radius 3 is 2.42 bits per heavy atom. The van der Waals surface area contributed by atoms with E-state index < -0.39 is 5.79 Å². The van der Waals surface area contributed by atoms with Crippen LogP contribution in [0.15, 0.2) is 72.8 Å². The first-order valence-electron chi connectivity index (χ1n) is 15.6. The molecule has 0 aliphatic carbocycles. The third-order valence-corrected chi connectivity index (χ3v) is 7.63. The molecule has 3 amide bonds. The van der Waals surface area contributed by atoms with Crippen molar-refractivity contribution in [2.75, 3.05) is 43.5 Å². The van der Waals surface area contributed by atoms with Gasteiger partial charge in [-0.25, -0.2) is 9.59 Å². The fourth-order valence-electron chi connectivity index (χ4n) is 5.19. The number of hydrogen-bond donors (Lipinski definition) is 2. The van der Waals surface area contributed by atoms with Gasteiger partial charge in [-0.3, -0.25) is 0 Å². The summed E-state index contributed by atoms with van der Waals surface area (Å²) in [7, 11) is 0. The number of amides is 3. The molecule has 1 saturated heterocycles. The standard InChI is InChI=1S/C35H43N3O7/c1-35(2)43-25-28-22-27(14-17-31(28)45-35)32-23-38(34(40)44-32)18-8-3-4-9-19-41-20-21-42-24-26-12-15-30(16-13-26)37-33(39)36-29-10-6-5-7-11-29/h5-7,10-17,22,32H,3-4,8-9,18-21,23-25H2,1-2H3,(H2,36,37,39). The number of para-hydroxylation sites is 1. The largest absolute Gasteiger partial charge is 0.463 e. The number of fused-ring (bicyclic) bond motifs is 1. The number of nitrogens with zero attached hydrogens (tertiary/aromatic N) is 1. The molecule has 3 aromatic rings. The molecule has 0 saturated carbocycles. The molecule has 1 unspecified atom stereocenters. The summed E-state index contributed by atoms with van der Waals surface area (Å²) in [6.45, 7) is 7.73. The van der Waals surface area contributed by atoms with E-state index in [9.17, 15) is 9.59 Å². The molecule has 0 spiro atoms. The molecule has 1 fully saturated rings. The summed E-state index contributed by atoms with van der Waals surface area (Å²) in [6.07, 6.45) is 3.43. The Morgan fingerprint density at radius 1 is 0.889 bits per heavy atom. The van der Waals surface area contributed by atoms with E-state index in [0.29, 0.717) is 51.8 Å². The van der Waals surface area contributed by atoms with Crippen LogP contribution in [-0.4, -0.2) is 55.7 Å². The molecule has 2 N–H and O–H groups in total. The molecule has 2 heterocycles. The molecule has 0 aromatic heterocycles. The van der Waals surface area contributed by atoms with Gasteiger partial charge >= 0.3 is 12.1 Å². The summed E-state index contributed by atoms with van der Waals surface area (Å²) in [5, 5.41) is 5.61. The van der Waals surface area contributed by atoms with Crippen molar-refractivity contribution in [3.05, 3.63) is 89.5 Å². The molecule has 0 radical (unpaired) electrons. The van der Waals surface area contributed by atoms with Gasteiger partial charge in [0, 0.05) is 43.9 Å². The molecule has 240 valence electrons. The van der Waals surface area contributed by atoms with Gasteiger partial charge in [-0.2, -0.15) is 0 Å². The lowest BCUT2D eigenvalue weighted by atomic mass is 10.0. The van der Waals surface area contributed by atoms with Crippen LogP contribution in [0.5, 0.6) is 5.75 Å². The number of ether oxygens (including phenoxy) is 5. The lowest BCUT2D eigenvalue weighted by Gasteiger charge is -2.32. The summed E-state index contributed by atoms with van der Waals surface area (Å²) in [5.74, 6) is 0.182. The molecule has 0 bridgehead atoms. The second-order valence-electron chi connectivity index (χ2n) is 11.7. The Balaban J connectivity index is 0.871. The van der Waals surface area contributed by atoms with Gasteiger partial charge in [-0.1, -0.05) is 49.2 Å². The average Bonchev–Trinajstić information content (AvgIpc) is 3.40. The van der Waals surface area contributed by atoms with Crippen molar-refractivity contribution in [2.24, 2.45) is 0 Å². The topological polar surface area (TPSA) is 108 Å². The number of hydrogen-bond acceptors (Lipinski definition) is 7. The van der Waals surface area contributed by atoms with Crippen LogP contribution in [0.25, 0.3) is 0 Å². The van der Waals surface area contributed by atoms with Crippen molar-refractivity contribution in [3.63, 3.8) is 0 Å². The summed E-state index contributed by atoms with van der Waals surface area (Å²) in [6, 6.07) is 22.5. The number of anilines is 2. The van der Waals surface area contributed by atoms with E-state index >= 15 is 0 Å². The van der Waals surface area contributed by atoms with Crippen LogP contribution in [0.2, 0.25) is 0 Å². The zero-order chi connectivity index (χ0) is 31.5. The molecule has 2 aliphatic rings. The molecule has 45 heavy (non-hydrogen) atoms. The van der Waals surface area contributed by atoms with Gasteiger partial charge in [0.25, 0.3) is 0 Å². The molecular weight excluding hydrogens is 574 g/mol. The summed E-state index contributed by atoms with van der Waals surface area (Å²) < 4.78 is 28.7. The Kier molecular flexibility index (Phi) is 11.3. The van der Waals surface area contributed by atoms with Gasteiger partial charge in [-0.05, 0) is 60.4 Å². The van der Waals surface area contributed by atoms with Crippen molar-refractivity contribution in [3.8, 4) is 5.75 Å². The fourth-order valence-corrected chi connectivity index (χ4v) is 5.19. The first kappa shape index (κ1) is 32.3. The highest BCUT2D eigenvalue weighted by Gasteiger charge is 2.33. The Labute approximate surface area is 264 Å². The third kappa shape index (κ3) is 9.94. The number of carbonyl (C=O) groups excluding carboxylic acids is 2. The number of nitrogens with one attached hydrogen (secondary N) is 2. The lowest BCUT2D eigenvalue weighted by Crippen LogP contribution is -2.35. The van der Waals surface area contributed by atoms with E-state index in [1.54, 1.807) is 4.90 Å². The maximum Gasteiger partial charge on any atom is 0.410 e. The average molecular weight is 618 g/mol. The minimum Gasteiger partial charge on any atom is -0.463 e. The molecule has 10 nitrogen and oxygen atoms in total. The van der Waals surface area contributed by atoms with E-state index in [0.717, 1.165) is 53.8 Å². The molecule has 10 heteroatoms. The lowest BCUT2D eigenvalue weighted by molar-refractivity contribution is -0.180. The van der Waals surface area contributed by atoms with Crippen LogP contribution in [0.1, 0.15) is 62.3 Å². The summed E-state index contributed by atoms with van der Waals surface area (Å²) in [4.78, 5) is 26.3. The number of carbonyl (C=O) groups is 2. The van der Waals surface area contributed by atoms with E-state index in [4.69, 9.17) is 23.7 Å². The highest BCUT2D eigenvalue weighted by Crippen LogP contribution is 2.35. The van der Waals surface area contributed by atoms with E-state index in [-0.39, 0.29) is 18.2 Å². The van der Waals surface area contributed by atoms with Crippen LogP contribution in [0, 0.1) is 0 Å². The Bertz CT molecular complexity index is 1400. The second-order valence-corrected chi connectivity index (χ2v) is 11.7. The summed E-state index contributed by atoms with van der Waals surface area (Å²) >= 11 is 0. The number of cyclic esters (lactones) is 1. The maximum atomic E-state index is 12.4. The zero-order valence-electron chi connectivity index (χ0n) is 26.1. The van der Waals surface area contributed by atoms with Gasteiger partial charge in [0.05, 0.1) is 33.0 Å². The SMILES string of the molecule is CC1(C)OCc2cc(C3CN(CCCCCCOCCOCc4ccc(NC(=O)Nc5ccccc5)cc4)C(=O)O3)ccc2O1. The second kappa shape index (κ2) is 15.7. The normalized spacial score (nSPS) is 16.9. The quantitative estimate of drug-likeness (QED) is 0.173. The van der Waals surface area contributed by atoms with Crippen molar-refractivity contribution >= 4 is 23.5 Å². The minimum absolute atomic E-state index is 0.256. The van der Waals surface area contributed by atoms with Crippen molar-refractivity contribution in [1.29, 1.82) is 0 Å². The monoisotopic (exact) mass is 617 g/mol. The molecule has 5 rings (SSSR count). The van der Waals surface area contributed by atoms with E-state index in [1.165, 1.54) is 0 Å². The first-order chi connectivity index (χ1) is 21.8. The van der Waals surface area contributed by atoms with Gasteiger partial charge in [-0.15, -0.1) is 0 Å². The van der Waals surface area contributed by atoms with Crippen molar-refractivity contribution in [2.45, 2.75) is 64.6 Å². The number of urea groups is 1. The molecule has 1 atom stereocenters. The molecule has 2 aliphatic heterocycles. The minimum atomic E-state index is -0.633. The first-order valence-corrected chi connectivity index (χ1v) is 15.6. The highest BCUT2D eigenvalue weighted by molar-refractivity contribution is 5.99. The predicted molar refractivity (Wildman–Crippen MR) is 171 cm³/mol.